The lowest BCUT2D eigenvalue weighted by molar-refractivity contribution is -0.157. The smallest absolute Gasteiger partial charge is 0.307 e. The molecule has 0 radical (unpaired) electrons. The molecule has 2 N–H and O–H groups in total. The van der Waals surface area contributed by atoms with Gasteiger partial charge in [0.05, 0.1) is 11.8 Å². The molecule has 2 atom stereocenters. The maximum absolute atomic E-state index is 10.9. The van der Waals surface area contributed by atoms with Crippen LogP contribution in [0.5, 0.6) is 0 Å². The molecule has 1 aliphatic rings. The summed E-state index contributed by atoms with van der Waals surface area (Å²) < 4.78 is 0. The van der Waals surface area contributed by atoms with Crippen LogP contribution in [0.25, 0.3) is 0 Å². The van der Waals surface area contributed by atoms with Gasteiger partial charge in [0.2, 0.25) is 0 Å². The van der Waals surface area contributed by atoms with Crippen LogP contribution in [-0.2, 0) is 14.4 Å². The summed E-state index contributed by atoms with van der Waals surface area (Å²) in [5.74, 6) is -4.43. The molecule has 1 fully saturated rings. The summed E-state index contributed by atoms with van der Waals surface area (Å²) >= 11 is 0. The first-order valence-corrected chi connectivity index (χ1v) is 3.99. The van der Waals surface area contributed by atoms with Crippen LogP contribution in [0.4, 0.5) is 0 Å². The molecule has 0 aromatic heterocycles. The topological polar surface area (TPSA) is 91.7 Å². The van der Waals surface area contributed by atoms with Gasteiger partial charge in [0.15, 0.2) is 0 Å². The Bertz CT molecular complexity index is 257. The van der Waals surface area contributed by atoms with Gasteiger partial charge in [-0.1, -0.05) is 0 Å². The number of carboxylic acids is 2. The van der Waals surface area contributed by atoms with Crippen molar-refractivity contribution in [3.05, 3.63) is 0 Å². The van der Waals surface area contributed by atoms with Gasteiger partial charge < -0.3 is 10.2 Å². The van der Waals surface area contributed by atoms with E-state index in [9.17, 15) is 14.4 Å². The minimum absolute atomic E-state index is 0.144. The second-order valence-electron chi connectivity index (χ2n) is 3.17. The standard InChI is InChI=1S/C8H10O5/c9-4-1-2-5(7(10)11)6(3-4)8(12)13/h5-6H,1-3H2,(H,10,11)(H,12,13)/t5-,6+/m1/s1. The van der Waals surface area contributed by atoms with Gasteiger partial charge in [0.1, 0.15) is 5.78 Å². The molecular weight excluding hydrogens is 176 g/mol. The van der Waals surface area contributed by atoms with Crippen LogP contribution >= 0.6 is 0 Å². The van der Waals surface area contributed by atoms with Gasteiger partial charge in [-0.25, -0.2) is 0 Å². The number of carbonyl (C=O) groups is 3. The SMILES string of the molecule is O=C1CC[C@@H](C(=O)O)[C@@H](C(=O)O)C1. The summed E-state index contributed by atoms with van der Waals surface area (Å²) in [5, 5.41) is 17.3. The minimum Gasteiger partial charge on any atom is -0.481 e. The van der Waals surface area contributed by atoms with E-state index in [-0.39, 0.29) is 25.0 Å². The third kappa shape index (κ3) is 2.05. The first-order valence-electron chi connectivity index (χ1n) is 3.99. The van der Waals surface area contributed by atoms with E-state index in [2.05, 4.69) is 0 Å². The van der Waals surface area contributed by atoms with Crippen LogP contribution < -0.4 is 0 Å². The Morgan fingerprint density at radius 3 is 2.15 bits per heavy atom. The number of carbonyl (C=O) groups excluding carboxylic acids is 1. The minimum atomic E-state index is -1.19. The van der Waals surface area contributed by atoms with Gasteiger partial charge in [0.25, 0.3) is 0 Å². The van der Waals surface area contributed by atoms with Crippen molar-refractivity contribution in [3.8, 4) is 0 Å². The van der Waals surface area contributed by atoms with Crippen LogP contribution in [-0.4, -0.2) is 27.9 Å². The van der Waals surface area contributed by atoms with Crippen LogP contribution in [0, 0.1) is 11.8 Å². The lowest BCUT2D eigenvalue weighted by Gasteiger charge is -2.23. The number of rotatable bonds is 2. The van der Waals surface area contributed by atoms with Crippen molar-refractivity contribution < 1.29 is 24.6 Å². The van der Waals surface area contributed by atoms with Crippen LogP contribution in [0.15, 0.2) is 0 Å². The van der Waals surface area contributed by atoms with Gasteiger partial charge >= 0.3 is 11.9 Å². The molecule has 5 heteroatoms. The predicted octanol–water partition coefficient (Wildman–Crippen LogP) is 0.141. The zero-order valence-corrected chi connectivity index (χ0v) is 6.90. The number of carboxylic acid groups (broad SMARTS) is 2. The first kappa shape index (κ1) is 9.70. The fourth-order valence-corrected chi connectivity index (χ4v) is 1.56. The molecule has 0 spiro atoms. The molecule has 0 aromatic carbocycles. The number of ketones is 1. The highest BCUT2D eigenvalue weighted by Crippen LogP contribution is 2.28. The van der Waals surface area contributed by atoms with Crippen molar-refractivity contribution in [2.24, 2.45) is 11.8 Å². The zero-order valence-electron chi connectivity index (χ0n) is 6.90. The molecule has 0 amide bonds. The van der Waals surface area contributed by atoms with Crippen molar-refractivity contribution >= 4 is 17.7 Å². The Labute approximate surface area is 74.4 Å². The average Bonchev–Trinajstić information content (AvgIpc) is 2.03. The fourth-order valence-electron chi connectivity index (χ4n) is 1.56. The monoisotopic (exact) mass is 186 g/mol. The molecule has 0 aliphatic heterocycles. The second kappa shape index (κ2) is 3.55. The molecule has 0 bridgehead atoms. The Balaban J connectivity index is 2.77. The van der Waals surface area contributed by atoms with E-state index in [1.54, 1.807) is 0 Å². The van der Waals surface area contributed by atoms with Crippen molar-refractivity contribution in [2.75, 3.05) is 0 Å². The average molecular weight is 186 g/mol. The lowest BCUT2D eigenvalue weighted by atomic mass is 9.79. The Hall–Kier alpha value is -1.39. The van der Waals surface area contributed by atoms with E-state index in [0.29, 0.717) is 0 Å². The van der Waals surface area contributed by atoms with Crippen LogP contribution in [0.3, 0.4) is 0 Å². The molecule has 0 saturated heterocycles. The summed E-state index contributed by atoms with van der Waals surface area (Å²) in [7, 11) is 0. The molecule has 1 aliphatic carbocycles. The molecule has 0 aromatic rings. The number of aliphatic carboxylic acids is 2. The molecule has 13 heavy (non-hydrogen) atoms. The summed E-state index contributed by atoms with van der Waals surface area (Å²) in [6, 6.07) is 0. The van der Waals surface area contributed by atoms with E-state index in [1.807, 2.05) is 0 Å². The van der Waals surface area contributed by atoms with Crippen LogP contribution in [0.1, 0.15) is 19.3 Å². The summed E-state index contributed by atoms with van der Waals surface area (Å²) in [6.45, 7) is 0. The highest BCUT2D eigenvalue weighted by atomic mass is 16.4. The highest BCUT2D eigenvalue weighted by Gasteiger charge is 2.38. The van der Waals surface area contributed by atoms with Crippen molar-refractivity contribution in [1.82, 2.24) is 0 Å². The van der Waals surface area contributed by atoms with E-state index in [4.69, 9.17) is 10.2 Å². The molecule has 5 nitrogen and oxygen atoms in total. The molecule has 72 valence electrons. The van der Waals surface area contributed by atoms with Gasteiger partial charge in [-0.3, -0.25) is 14.4 Å². The summed E-state index contributed by atoms with van der Waals surface area (Å²) in [6.07, 6.45) is 0.179. The van der Waals surface area contributed by atoms with E-state index < -0.39 is 23.8 Å². The molecule has 0 unspecified atom stereocenters. The third-order valence-electron chi connectivity index (χ3n) is 2.30. The Morgan fingerprint density at radius 2 is 1.69 bits per heavy atom. The summed E-state index contributed by atoms with van der Waals surface area (Å²) in [4.78, 5) is 32.1. The van der Waals surface area contributed by atoms with Gasteiger partial charge in [-0.2, -0.15) is 0 Å². The van der Waals surface area contributed by atoms with Gasteiger partial charge in [-0.15, -0.1) is 0 Å². The number of Topliss-reactive ketones (excluding diaryl/α,β-unsaturated/α-hetero) is 1. The molecule has 0 heterocycles. The maximum Gasteiger partial charge on any atom is 0.307 e. The van der Waals surface area contributed by atoms with Gasteiger partial charge in [0, 0.05) is 12.8 Å². The van der Waals surface area contributed by atoms with Crippen molar-refractivity contribution in [3.63, 3.8) is 0 Å². The largest absolute Gasteiger partial charge is 0.481 e. The Morgan fingerprint density at radius 1 is 1.15 bits per heavy atom. The highest BCUT2D eigenvalue weighted by molar-refractivity contribution is 5.89. The van der Waals surface area contributed by atoms with Crippen molar-refractivity contribution in [1.29, 1.82) is 0 Å². The number of hydrogen-bond donors (Lipinski definition) is 2. The predicted molar refractivity (Wildman–Crippen MR) is 41.1 cm³/mol. The summed E-state index contributed by atoms with van der Waals surface area (Å²) in [5.41, 5.74) is 0. The first-order chi connectivity index (χ1) is 6.02. The van der Waals surface area contributed by atoms with E-state index >= 15 is 0 Å². The van der Waals surface area contributed by atoms with Crippen LogP contribution in [0.2, 0.25) is 0 Å². The molecular formula is C8H10O5. The Kier molecular flexibility index (Phi) is 2.65. The van der Waals surface area contributed by atoms with E-state index in [0.717, 1.165) is 0 Å². The fraction of sp³-hybridized carbons (Fsp3) is 0.625. The lowest BCUT2D eigenvalue weighted by Crippen LogP contribution is -2.35. The quantitative estimate of drug-likeness (QED) is 0.640. The van der Waals surface area contributed by atoms with Gasteiger partial charge in [-0.05, 0) is 6.42 Å². The number of hydrogen-bond acceptors (Lipinski definition) is 3. The zero-order chi connectivity index (χ0) is 10.0. The van der Waals surface area contributed by atoms with Crippen molar-refractivity contribution in [2.45, 2.75) is 19.3 Å². The normalized spacial score (nSPS) is 28.5. The molecule has 1 saturated carbocycles. The van der Waals surface area contributed by atoms with E-state index in [1.165, 1.54) is 0 Å². The third-order valence-corrected chi connectivity index (χ3v) is 2.30. The molecule has 1 rings (SSSR count). The second-order valence-corrected chi connectivity index (χ2v) is 3.17. The maximum atomic E-state index is 10.9.